The van der Waals surface area contributed by atoms with Gasteiger partial charge in [-0.15, -0.1) is 0 Å². The van der Waals surface area contributed by atoms with Crippen molar-refractivity contribution in [2.45, 2.75) is 36.7 Å². The van der Waals surface area contributed by atoms with Crippen LogP contribution in [0.1, 0.15) is 30.3 Å². The van der Waals surface area contributed by atoms with Crippen molar-refractivity contribution in [3.63, 3.8) is 0 Å². The van der Waals surface area contributed by atoms with E-state index in [1.807, 2.05) is 6.07 Å². The molecule has 0 aliphatic carbocycles. The van der Waals surface area contributed by atoms with Crippen molar-refractivity contribution in [3.8, 4) is 11.3 Å². The Morgan fingerprint density at radius 1 is 1.00 bits per heavy atom. The molecule has 7 nitrogen and oxygen atoms in total. The summed E-state index contributed by atoms with van der Waals surface area (Å²) in [5, 5.41) is 3.18. The zero-order chi connectivity index (χ0) is 23.0. The van der Waals surface area contributed by atoms with Gasteiger partial charge in [-0.1, -0.05) is 30.3 Å². The topological polar surface area (TPSA) is 91.7 Å². The molecule has 3 aliphatic rings. The van der Waals surface area contributed by atoms with Crippen molar-refractivity contribution >= 4 is 21.6 Å². The molecule has 0 spiro atoms. The van der Waals surface area contributed by atoms with Crippen LogP contribution in [-0.2, 0) is 10.0 Å². The summed E-state index contributed by atoms with van der Waals surface area (Å²) in [7, 11) is -3.70. The number of anilines is 1. The minimum Gasteiger partial charge on any atom is -0.451 e. The van der Waals surface area contributed by atoms with Crippen LogP contribution in [0.3, 0.4) is 0 Å². The summed E-state index contributed by atoms with van der Waals surface area (Å²) in [4.78, 5) is 15.5. The lowest BCUT2D eigenvalue weighted by Gasteiger charge is -2.49. The van der Waals surface area contributed by atoms with E-state index in [1.54, 1.807) is 60.7 Å². The average molecular weight is 466 g/mol. The average Bonchev–Trinajstić information content (AvgIpc) is 3.33. The van der Waals surface area contributed by atoms with E-state index < -0.39 is 10.0 Å². The quantitative estimate of drug-likeness (QED) is 0.575. The first-order chi connectivity index (χ1) is 15.9. The number of hydrogen-bond donors (Lipinski definition) is 2. The van der Waals surface area contributed by atoms with Crippen molar-refractivity contribution < 1.29 is 17.6 Å². The second kappa shape index (κ2) is 8.68. The minimum atomic E-state index is -3.70. The molecule has 2 unspecified atom stereocenters. The molecule has 3 fully saturated rings. The summed E-state index contributed by atoms with van der Waals surface area (Å²) in [5.74, 6) is 1.05. The van der Waals surface area contributed by atoms with Gasteiger partial charge in [-0.3, -0.25) is 14.4 Å². The van der Waals surface area contributed by atoms with Crippen molar-refractivity contribution in [1.82, 2.24) is 10.2 Å². The van der Waals surface area contributed by atoms with Crippen molar-refractivity contribution in [3.05, 3.63) is 72.5 Å². The molecule has 6 rings (SSSR count). The molecular formula is C25H27N3O4S. The fraction of sp³-hybridized carbons (Fsp3) is 0.320. The third-order valence-corrected chi connectivity index (χ3v) is 8.16. The summed E-state index contributed by atoms with van der Waals surface area (Å²) < 4.78 is 33.7. The Balaban J connectivity index is 1.30. The number of nitrogens with one attached hydrogen (secondary N) is 2. The Labute approximate surface area is 193 Å². The van der Waals surface area contributed by atoms with E-state index in [-0.39, 0.29) is 22.6 Å². The number of benzene rings is 2. The standard InChI is InChI=1S/C25H27N3O4S/c1-17-24(18-12-14-28(17)15-13-18)26-25(29)23-11-10-22(32-23)19-6-5-7-20(16-19)27-33(30,31)21-8-3-2-4-9-21/h2-11,16-18,24,27H,12-15H2,1H3,(H,26,29). The number of carbonyl (C=O) groups excluding carboxylic acids is 1. The van der Waals surface area contributed by atoms with E-state index in [1.165, 1.54) is 0 Å². The number of amides is 1. The Morgan fingerprint density at radius 2 is 1.76 bits per heavy atom. The molecule has 2 atom stereocenters. The smallest absolute Gasteiger partial charge is 0.287 e. The zero-order valence-corrected chi connectivity index (χ0v) is 19.2. The number of piperidine rings is 3. The van der Waals surface area contributed by atoms with Crippen LogP contribution < -0.4 is 10.0 Å². The van der Waals surface area contributed by atoms with E-state index in [0.29, 0.717) is 29.0 Å². The number of nitrogens with zero attached hydrogens (tertiary/aromatic N) is 1. The number of rotatable bonds is 6. The summed E-state index contributed by atoms with van der Waals surface area (Å²) in [6.45, 7) is 4.38. The highest BCUT2D eigenvalue weighted by Crippen LogP contribution is 2.32. The van der Waals surface area contributed by atoms with Gasteiger partial charge in [-0.05, 0) is 75.2 Å². The van der Waals surface area contributed by atoms with E-state index in [0.717, 1.165) is 25.9 Å². The summed E-state index contributed by atoms with van der Waals surface area (Å²) >= 11 is 0. The number of fused-ring (bicyclic) bond motifs is 3. The van der Waals surface area contributed by atoms with Gasteiger partial charge in [0.2, 0.25) is 0 Å². The van der Waals surface area contributed by atoms with Crippen LogP contribution in [0.15, 0.2) is 76.0 Å². The molecule has 2 aromatic carbocycles. The Hall–Kier alpha value is -3.10. The second-order valence-corrected chi connectivity index (χ2v) is 10.5. The highest BCUT2D eigenvalue weighted by atomic mass is 32.2. The summed E-state index contributed by atoms with van der Waals surface area (Å²) in [5.41, 5.74) is 1.10. The van der Waals surface area contributed by atoms with E-state index in [4.69, 9.17) is 4.42 Å². The number of carbonyl (C=O) groups is 1. The first kappa shape index (κ1) is 21.7. The normalized spacial score (nSPS) is 24.4. The van der Waals surface area contributed by atoms with Crippen LogP contribution in [0.2, 0.25) is 0 Å². The van der Waals surface area contributed by atoms with Crippen LogP contribution in [0.4, 0.5) is 5.69 Å². The third kappa shape index (κ3) is 4.41. The van der Waals surface area contributed by atoms with E-state index >= 15 is 0 Å². The van der Waals surface area contributed by atoms with Crippen LogP contribution in [0.5, 0.6) is 0 Å². The molecule has 2 N–H and O–H groups in total. The second-order valence-electron chi connectivity index (χ2n) is 8.78. The largest absolute Gasteiger partial charge is 0.451 e. The SMILES string of the molecule is CC1C(NC(=O)c2ccc(-c3cccc(NS(=O)(=O)c4ccccc4)c3)o2)C2CCN1CC2. The molecule has 1 aromatic heterocycles. The summed E-state index contributed by atoms with van der Waals surface area (Å²) in [6, 6.07) is 19.0. The van der Waals surface area contributed by atoms with Gasteiger partial charge < -0.3 is 9.73 Å². The molecule has 4 heterocycles. The lowest BCUT2D eigenvalue weighted by atomic mass is 9.79. The van der Waals surface area contributed by atoms with Crippen LogP contribution in [-0.4, -0.2) is 44.4 Å². The molecule has 172 valence electrons. The monoisotopic (exact) mass is 465 g/mol. The lowest BCUT2D eigenvalue weighted by molar-refractivity contribution is 0.0211. The van der Waals surface area contributed by atoms with Crippen LogP contribution in [0.25, 0.3) is 11.3 Å². The Kier molecular flexibility index (Phi) is 5.72. The molecule has 3 aliphatic heterocycles. The molecule has 3 aromatic rings. The molecule has 33 heavy (non-hydrogen) atoms. The number of sulfonamides is 1. The molecule has 2 bridgehead atoms. The van der Waals surface area contributed by atoms with Gasteiger partial charge in [0.15, 0.2) is 5.76 Å². The van der Waals surface area contributed by atoms with Gasteiger partial charge in [-0.2, -0.15) is 0 Å². The highest BCUT2D eigenvalue weighted by molar-refractivity contribution is 7.92. The minimum absolute atomic E-state index is 0.129. The van der Waals surface area contributed by atoms with Crippen LogP contribution >= 0.6 is 0 Å². The Bertz CT molecular complexity index is 1250. The summed E-state index contributed by atoms with van der Waals surface area (Å²) in [6.07, 6.45) is 2.23. The maximum Gasteiger partial charge on any atom is 0.287 e. The third-order valence-electron chi connectivity index (χ3n) is 6.76. The first-order valence-electron chi connectivity index (χ1n) is 11.2. The number of furan rings is 1. The molecule has 0 radical (unpaired) electrons. The molecule has 8 heteroatoms. The van der Waals surface area contributed by atoms with Gasteiger partial charge in [0.1, 0.15) is 5.76 Å². The van der Waals surface area contributed by atoms with Gasteiger partial charge >= 0.3 is 0 Å². The van der Waals surface area contributed by atoms with Crippen molar-refractivity contribution in [2.24, 2.45) is 5.92 Å². The fourth-order valence-corrected chi connectivity index (χ4v) is 6.00. The molecule has 1 amide bonds. The van der Waals surface area contributed by atoms with E-state index in [2.05, 4.69) is 21.9 Å². The predicted octanol–water partition coefficient (Wildman–Crippen LogP) is 3.96. The van der Waals surface area contributed by atoms with Gasteiger partial charge in [0.05, 0.1) is 4.90 Å². The Morgan fingerprint density at radius 3 is 2.48 bits per heavy atom. The zero-order valence-electron chi connectivity index (χ0n) is 18.4. The first-order valence-corrected chi connectivity index (χ1v) is 12.7. The van der Waals surface area contributed by atoms with Gasteiger partial charge in [-0.25, -0.2) is 8.42 Å². The maximum absolute atomic E-state index is 12.9. The van der Waals surface area contributed by atoms with Crippen molar-refractivity contribution in [1.29, 1.82) is 0 Å². The van der Waals surface area contributed by atoms with E-state index in [9.17, 15) is 13.2 Å². The maximum atomic E-state index is 12.9. The lowest BCUT2D eigenvalue weighted by Crippen LogP contribution is -2.62. The molecule has 3 saturated heterocycles. The number of hydrogen-bond acceptors (Lipinski definition) is 5. The predicted molar refractivity (Wildman–Crippen MR) is 126 cm³/mol. The van der Waals surface area contributed by atoms with Crippen molar-refractivity contribution in [2.75, 3.05) is 17.8 Å². The van der Waals surface area contributed by atoms with Crippen LogP contribution in [0, 0.1) is 5.92 Å². The highest BCUT2D eigenvalue weighted by Gasteiger charge is 2.40. The van der Waals surface area contributed by atoms with Gasteiger partial charge in [0, 0.05) is 23.3 Å². The molecule has 0 saturated carbocycles. The molecular weight excluding hydrogens is 438 g/mol. The van der Waals surface area contributed by atoms with Gasteiger partial charge in [0.25, 0.3) is 15.9 Å². The fourth-order valence-electron chi connectivity index (χ4n) is 4.93.